The van der Waals surface area contributed by atoms with E-state index in [4.69, 9.17) is 16.9 Å². The zero-order valence-corrected chi connectivity index (χ0v) is 8.96. The summed E-state index contributed by atoms with van der Waals surface area (Å²) in [7, 11) is 1.94. The molecule has 3 heteroatoms. The lowest BCUT2D eigenvalue weighted by Gasteiger charge is -2.11. The number of hydrogen-bond donors (Lipinski definition) is 0. The van der Waals surface area contributed by atoms with Crippen LogP contribution >= 0.6 is 11.6 Å². The smallest absolute Gasteiger partial charge is 0.0863 e. The lowest BCUT2D eigenvalue weighted by Crippen LogP contribution is -2.21. The van der Waals surface area contributed by atoms with Crippen molar-refractivity contribution < 1.29 is 0 Å². The second-order valence-electron chi connectivity index (χ2n) is 3.28. The summed E-state index contributed by atoms with van der Waals surface area (Å²) >= 11 is 5.86. The Bertz CT molecular complexity index is 330. The summed E-state index contributed by atoms with van der Waals surface area (Å²) in [6.45, 7) is 1.36. The maximum Gasteiger partial charge on any atom is 0.0863 e. The van der Waals surface area contributed by atoms with Crippen LogP contribution in [0.15, 0.2) is 24.3 Å². The Morgan fingerprint density at radius 1 is 1.50 bits per heavy atom. The molecule has 14 heavy (non-hydrogen) atoms. The molecule has 0 amide bonds. The van der Waals surface area contributed by atoms with Crippen LogP contribution in [0.1, 0.15) is 5.56 Å². The van der Waals surface area contributed by atoms with Gasteiger partial charge in [-0.15, -0.1) is 0 Å². The first kappa shape index (κ1) is 11.0. The van der Waals surface area contributed by atoms with E-state index in [2.05, 4.69) is 6.07 Å². The summed E-state index contributed by atoms with van der Waals surface area (Å²) in [6.07, 6.45) is 0.929. The maximum absolute atomic E-state index is 8.47. The maximum atomic E-state index is 8.47. The Hall–Kier alpha value is -1.04. The van der Waals surface area contributed by atoms with Crippen LogP contribution < -0.4 is 0 Å². The van der Waals surface area contributed by atoms with Crippen LogP contribution in [0.2, 0.25) is 5.02 Å². The second kappa shape index (κ2) is 5.64. The first-order valence-electron chi connectivity index (χ1n) is 4.52. The summed E-state index contributed by atoms with van der Waals surface area (Å²) in [5.74, 6) is 0. The molecule has 0 radical (unpaired) electrons. The molecule has 0 aromatic heterocycles. The fourth-order valence-corrected chi connectivity index (χ4v) is 1.43. The second-order valence-corrected chi connectivity index (χ2v) is 3.71. The Balaban J connectivity index is 2.42. The zero-order valence-electron chi connectivity index (χ0n) is 8.20. The highest BCUT2D eigenvalue weighted by atomic mass is 35.5. The minimum Gasteiger partial charge on any atom is -0.293 e. The van der Waals surface area contributed by atoms with Crippen LogP contribution in [0.4, 0.5) is 0 Å². The van der Waals surface area contributed by atoms with E-state index in [1.807, 2.05) is 36.2 Å². The normalized spacial score (nSPS) is 10.1. The highest BCUT2D eigenvalue weighted by molar-refractivity contribution is 6.30. The average Bonchev–Trinajstić information content (AvgIpc) is 2.15. The van der Waals surface area contributed by atoms with Crippen molar-refractivity contribution in [3.8, 4) is 6.07 Å². The molecular formula is C11H13ClN2. The van der Waals surface area contributed by atoms with Crippen LogP contribution in [0.3, 0.4) is 0 Å². The fraction of sp³-hybridized carbons (Fsp3) is 0.364. The van der Waals surface area contributed by atoms with Gasteiger partial charge in [-0.2, -0.15) is 5.26 Å². The lowest BCUT2D eigenvalue weighted by molar-refractivity contribution is 0.379. The first-order valence-corrected chi connectivity index (χ1v) is 4.90. The van der Waals surface area contributed by atoms with E-state index in [0.29, 0.717) is 6.54 Å². The van der Waals surface area contributed by atoms with Gasteiger partial charge in [0, 0.05) is 11.6 Å². The SMILES string of the molecule is CN(CC#N)CCc1cccc(Cl)c1. The summed E-state index contributed by atoms with van der Waals surface area (Å²) in [5.41, 5.74) is 1.21. The monoisotopic (exact) mass is 208 g/mol. The summed E-state index contributed by atoms with van der Waals surface area (Å²) in [6, 6.07) is 9.93. The van der Waals surface area contributed by atoms with Gasteiger partial charge < -0.3 is 0 Å². The number of halogens is 1. The Kier molecular flexibility index (Phi) is 4.45. The van der Waals surface area contributed by atoms with Gasteiger partial charge in [0.2, 0.25) is 0 Å². The third-order valence-corrected chi connectivity index (χ3v) is 2.25. The first-order chi connectivity index (χ1) is 6.72. The highest BCUT2D eigenvalue weighted by Crippen LogP contribution is 2.11. The van der Waals surface area contributed by atoms with Crippen molar-refractivity contribution in [3.63, 3.8) is 0 Å². The van der Waals surface area contributed by atoms with Gasteiger partial charge in [0.25, 0.3) is 0 Å². The summed E-state index contributed by atoms with van der Waals surface area (Å²) in [4.78, 5) is 1.99. The van der Waals surface area contributed by atoms with Gasteiger partial charge in [-0.05, 0) is 31.2 Å². The van der Waals surface area contributed by atoms with Crippen molar-refractivity contribution >= 4 is 11.6 Å². The Morgan fingerprint density at radius 2 is 2.29 bits per heavy atom. The molecule has 0 heterocycles. The number of benzene rings is 1. The van der Waals surface area contributed by atoms with Gasteiger partial charge >= 0.3 is 0 Å². The molecular weight excluding hydrogens is 196 g/mol. The number of hydrogen-bond acceptors (Lipinski definition) is 2. The van der Waals surface area contributed by atoms with Crippen molar-refractivity contribution in [2.24, 2.45) is 0 Å². The van der Waals surface area contributed by atoms with Crippen LogP contribution in [0.5, 0.6) is 0 Å². The molecule has 0 atom stereocenters. The Labute approximate surface area is 89.7 Å². The minimum absolute atomic E-state index is 0.473. The van der Waals surface area contributed by atoms with E-state index in [1.54, 1.807) is 0 Å². The van der Waals surface area contributed by atoms with E-state index < -0.39 is 0 Å². The number of nitriles is 1. The largest absolute Gasteiger partial charge is 0.293 e. The molecule has 1 aromatic rings. The summed E-state index contributed by atoms with van der Waals surface area (Å²) < 4.78 is 0. The number of nitrogens with zero attached hydrogens (tertiary/aromatic N) is 2. The van der Waals surface area contributed by atoms with Gasteiger partial charge in [-0.1, -0.05) is 23.7 Å². The third kappa shape index (κ3) is 3.78. The van der Waals surface area contributed by atoms with E-state index >= 15 is 0 Å². The minimum atomic E-state index is 0.473. The van der Waals surface area contributed by atoms with Gasteiger partial charge in [0.1, 0.15) is 0 Å². The molecule has 0 spiro atoms. The molecule has 0 bridgehead atoms. The number of likely N-dealkylation sites (N-methyl/N-ethyl adjacent to an activating group) is 1. The van der Waals surface area contributed by atoms with E-state index in [1.165, 1.54) is 5.56 Å². The molecule has 0 fully saturated rings. The average molecular weight is 209 g/mol. The molecule has 0 unspecified atom stereocenters. The van der Waals surface area contributed by atoms with Crippen LogP contribution in [0, 0.1) is 11.3 Å². The molecule has 0 N–H and O–H groups in total. The van der Waals surface area contributed by atoms with Crippen molar-refractivity contribution in [2.45, 2.75) is 6.42 Å². The molecule has 0 aliphatic carbocycles. The van der Waals surface area contributed by atoms with Crippen molar-refractivity contribution in [2.75, 3.05) is 20.1 Å². The van der Waals surface area contributed by atoms with Crippen LogP contribution in [0.25, 0.3) is 0 Å². The van der Waals surface area contributed by atoms with Gasteiger partial charge in [-0.3, -0.25) is 4.90 Å². The molecule has 0 aliphatic heterocycles. The molecule has 0 aliphatic rings. The fourth-order valence-electron chi connectivity index (χ4n) is 1.21. The highest BCUT2D eigenvalue weighted by Gasteiger charge is 1.98. The molecule has 1 rings (SSSR count). The molecule has 0 saturated carbocycles. The predicted octanol–water partition coefficient (Wildman–Crippen LogP) is 2.34. The van der Waals surface area contributed by atoms with Crippen molar-refractivity contribution in [1.29, 1.82) is 5.26 Å². The molecule has 74 valence electrons. The molecule has 2 nitrogen and oxygen atoms in total. The van der Waals surface area contributed by atoms with Gasteiger partial charge in [0.15, 0.2) is 0 Å². The molecule has 1 aromatic carbocycles. The van der Waals surface area contributed by atoms with E-state index in [0.717, 1.165) is 18.0 Å². The van der Waals surface area contributed by atoms with Crippen molar-refractivity contribution in [1.82, 2.24) is 4.90 Å². The van der Waals surface area contributed by atoms with Crippen molar-refractivity contribution in [3.05, 3.63) is 34.9 Å². The summed E-state index contributed by atoms with van der Waals surface area (Å²) in [5, 5.41) is 9.23. The van der Waals surface area contributed by atoms with Crippen LogP contribution in [-0.2, 0) is 6.42 Å². The van der Waals surface area contributed by atoms with Gasteiger partial charge in [-0.25, -0.2) is 0 Å². The predicted molar refractivity (Wildman–Crippen MR) is 58.3 cm³/mol. The lowest BCUT2D eigenvalue weighted by atomic mass is 10.1. The number of rotatable bonds is 4. The van der Waals surface area contributed by atoms with E-state index in [-0.39, 0.29) is 0 Å². The molecule has 0 saturated heterocycles. The standard InChI is InChI=1S/C11H13ClN2/c1-14(8-6-13)7-5-10-3-2-4-11(12)9-10/h2-4,9H,5,7-8H2,1H3. The van der Waals surface area contributed by atoms with E-state index in [9.17, 15) is 0 Å². The van der Waals surface area contributed by atoms with Gasteiger partial charge in [0.05, 0.1) is 12.6 Å². The van der Waals surface area contributed by atoms with Crippen LogP contribution in [-0.4, -0.2) is 25.0 Å². The third-order valence-electron chi connectivity index (χ3n) is 2.01. The zero-order chi connectivity index (χ0) is 10.4. The topological polar surface area (TPSA) is 27.0 Å². The Morgan fingerprint density at radius 3 is 2.93 bits per heavy atom. The quantitative estimate of drug-likeness (QED) is 0.711.